The van der Waals surface area contributed by atoms with Gasteiger partial charge in [0.15, 0.2) is 0 Å². The van der Waals surface area contributed by atoms with Gasteiger partial charge in [-0.1, -0.05) is 391 Å². The summed E-state index contributed by atoms with van der Waals surface area (Å²) in [4.78, 5) is 25.7. The van der Waals surface area contributed by atoms with Gasteiger partial charge in [-0.25, -0.2) is 0 Å². The lowest BCUT2D eigenvalue weighted by molar-refractivity contribution is -0.870. The topological polar surface area (TPSA) is 108 Å². The van der Waals surface area contributed by atoms with Gasteiger partial charge < -0.3 is 28.8 Å². The van der Waals surface area contributed by atoms with E-state index in [2.05, 4.69) is 31.3 Å². The Morgan fingerprint density at radius 3 is 0.953 bits per heavy atom. The van der Waals surface area contributed by atoms with Crippen LogP contribution in [-0.2, 0) is 18.4 Å². The number of nitrogens with one attached hydrogen (secondary N) is 1. The quantitative estimate of drug-likeness (QED) is 0.0272. The lowest BCUT2D eigenvalue weighted by Crippen LogP contribution is -2.45. The minimum absolute atomic E-state index is 0.00331. The maximum atomic E-state index is 13.1. The second-order valence-corrected chi connectivity index (χ2v) is 29.1. The molecule has 0 aliphatic heterocycles. The number of aliphatic hydroxyl groups is 1. The van der Waals surface area contributed by atoms with E-state index in [9.17, 15) is 19.4 Å². The number of phosphoric acid groups is 1. The molecule has 506 valence electrons. The number of nitrogens with zero attached hydrogens (tertiary/aromatic N) is 1. The molecule has 0 saturated heterocycles. The predicted molar refractivity (Wildman–Crippen MR) is 372 cm³/mol. The van der Waals surface area contributed by atoms with Crippen molar-refractivity contribution in [2.45, 2.75) is 418 Å². The summed E-state index contributed by atoms with van der Waals surface area (Å²) in [6.45, 7) is 4.70. The zero-order valence-electron chi connectivity index (χ0n) is 58.1. The van der Waals surface area contributed by atoms with Gasteiger partial charge in [-0.2, -0.15) is 0 Å². The molecular formula is C76H151N2O6P. The van der Waals surface area contributed by atoms with Crippen molar-refractivity contribution >= 4 is 13.7 Å². The molecule has 0 aromatic rings. The second kappa shape index (κ2) is 67.4. The summed E-state index contributed by atoms with van der Waals surface area (Å²) in [5.74, 6) is -0.197. The Balaban J connectivity index is 3.99. The summed E-state index contributed by atoms with van der Waals surface area (Å²) in [5, 5.41) is 14.0. The molecule has 0 spiro atoms. The first-order valence-corrected chi connectivity index (χ1v) is 39.7. The number of carbonyl (C=O) groups is 1. The third-order valence-corrected chi connectivity index (χ3v) is 18.9. The lowest BCUT2D eigenvalue weighted by Gasteiger charge is -2.29. The van der Waals surface area contributed by atoms with Crippen LogP contribution in [0.2, 0.25) is 0 Å². The monoisotopic (exact) mass is 1220 g/mol. The molecule has 3 atom stereocenters. The van der Waals surface area contributed by atoms with Crippen LogP contribution in [-0.4, -0.2) is 68.5 Å². The van der Waals surface area contributed by atoms with Gasteiger partial charge in [-0.3, -0.25) is 9.36 Å². The summed E-state index contributed by atoms with van der Waals surface area (Å²) < 4.78 is 23.5. The van der Waals surface area contributed by atoms with Crippen molar-refractivity contribution in [1.29, 1.82) is 0 Å². The summed E-state index contributed by atoms with van der Waals surface area (Å²) in [7, 11) is 1.27. The zero-order valence-corrected chi connectivity index (χ0v) is 59.0. The molecule has 0 aliphatic carbocycles. The van der Waals surface area contributed by atoms with Crippen LogP contribution >= 0.6 is 7.82 Å². The molecule has 0 aromatic heterocycles. The zero-order chi connectivity index (χ0) is 61.9. The van der Waals surface area contributed by atoms with Gasteiger partial charge in [-0.05, 0) is 32.1 Å². The fourth-order valence-electron chi connectivity index (χ4n) is 12.0. The average Bonchev–Trinajstić information content (AvgIpc) is 3.53. The number of aliphatic hydroxyl groups excluding tert-OH is 1. The van der Waals surface area contributed by atoms with Crippen molar-refractivity contribution in [2.24, 2.45) is 0 Å². The summed E-state index contributed by atoms with van der Waals surface area (Å²) >= 11 is 0. The van der Waals surface area contributed by atoms with Crippen LogP contribution in [0.1, 0.15) is 406 Å². The number of unbranched alkanes of at least 4 members (excludes halogenated alkanes) is 57. The standard InChI is InChI=1S/C76H151N2O6P/c1-6-8-10-12-14-16-18-20-22-24-26-28-30-32-34-36-37-38-39-40-42-44-46-48-50-52-54-56-58-60-62-64-66-68-70-76(80)77-74(73-84-85(81,82)83-72-71-78(3,4)5)75(79)69-67-65-63-61-59-57-55-53-51-49-47-45-43-41-35-33-31-29-27-25-23-21-19-17-15-13-11-9-7-2/h59,61,67,69,74-75,79H,6-58,60,62-66,68,70-73H2,1-5H3,(H-,77,80,81,82)/b61-59+,69-67+. The number of hydrogen-bond acceptors (Lipinski definition) is 6. The van der Waals surface area contributed by atoms with Crippen molar-refractivity contribution < 1.29 is 32.9 Å². The van der Waals surface area contributed by atoms with Crippen LogP contribution in [0.3, 0.4) is 0 Å². The summed E-state index contributed by atoms with van der Waals surface area (Å²) in [5.41, 5.74) is 0. The molecule has 0 aromatic carbocycles. The van der Waals surface area contributed by atoms with Crippen molar-refractivity contribution in [1.82, 2.24) is 5.32 Å². The van der Waals surface area contributed by atoms with E-state index >= 15 is 0 Å². The Morgan fingerprint density at radius 2 is 0.659 bits per heavy atom. The number of phosphoric ester groups is 1. The van der Waals surface area contributed by atoms with Gasteiger partial charge in [-0.15, -0.1) is 0 Å². The minimum Gasteiger partial charge on any atom is -0.756 e. The Bertz CT molecular complexity index is 1430. The molecule has 9 heteroatoms. The van der Waals surface area contributed by atoms with Crippen LogP contribution in [0.5, 0.6) is 0 Å². The van der Waals surface area contributed by atoms with Gasteiger partial charge in [0.05, 0.1) is 39.9 Å². The van der Waals surface area contributed by atoms with E-state index in [1.807, 2.05) is 27.2 Å². The van der Waals surface area contributed by atoms with Crippen LogP contribution < -0.4 is 10.2 Å². The summed E-state index contributed by atoms with van der Waals surface area (Å²) in [6.07, 6.45) is 89.2. The normalized spacial score (nSPS) is 13.6. The van der Waals surface area contributed by atoms with E-state index in [1.54, 1.807) is 6.08 Å². The van der Waals surface area contributed by atoms with E-state index in [1.165, 1.54) is 347 Å². The fraction of sp³-hybridized carbons (Fsp3) is 0.934. The maximum absolute atomic E-state index is 13.1. The first-order valence-electron chi connectivity index (χ1n) is 38.2. The van der Waals surface area contributed by atoms with E-state index in [-0.39, 0.29) is 19.1 Å². The van der Waals surface area contributed by atoms with Gasteiger partial charge in [0.2, 0.25) is 5.91 Å². The number of hydrogen-bond donors (Lipinski definition) is 2. The van der Waals surface area contributed by atoms with E-state index in [0.717, 1.165) is 38.5 Å². The number of quaternary nitrogens is 1. The molecule has 0 radical (unpaired) electrons. The van der Waals surface area contributed by atoms with Gasteiger partial charge in [0, 0.05) is 6.42 Å². The molecule has 85 heavy (non-hydrogen) atoms. The highest BCUT2D eigenvalue weighted by atomic mass is 31.2. The average molecular weight is 1220 g/mol. The molecule has 2 N–H and O–H groups in total. The van der Waals surface area contributed by atoms with Crippen molar-refractivity contribution in [3.05, 3.63) is 24.3 Å². The SMILES string of the molecule is CCCCCCCCCCCCCCCCCCCCCCCCC/C=C/CC/C=C/C(O)C(COP(=O)([O-])OCC[N+](C)(C)C)NC(=O)CCCCCCCCCCCCCCCCCCCCCCCCCCCCCCCCCCCC. The molecule has 3 unspecified atom stereocenters. The highest BCUT2D eigenvalue weighted by molar-refractivity contribution is 7.45. The molecule has 8 nitrogen and oxygen atoms in total. The number of rotatable bonds is 72. The van der Waals surface area contributed by atoms with Gasteiger partial charge >= 0.3 is 0 Å². The largest absolute Gasteiger partial charge is 0.756 e. The molecule has 0 saturated carbocycles. The number of likely N-dealkylation sites (N-methyl/N-ethyl adjacent to an activating group) is 1. The third-order valence-electron chi connectivity index (χ3n) is 17.9. The Kier molecular flexibility index (Phi) is 66.6. The molecule has 0 fully saturated rings. The highest BCUT2D eigenvalue weighted by Gasteiger charge is 2.23. The Morgan fingerprint density at radius 1 is 0.400 bits per heavy atom. The predicted octanol–water partition coefficient (Wildman–Crippen LogP) is 24.0. The number of carbonyl (C=O) groups excluding carboxylic acids is 1. The fourth-order valence-corrected chi connectivity index (χ4v) is 12.7. The number of allylic oxidation sites excluding steroid dienone is 3. The van der Waals surface area contributed by atoms with Crippen LogP contribution in [0.4, 0.5) is 0 Å². The second-order valence-electron chi connectivity index (χ2n) is 27.7. The molecule has 0 rings (SSSR count). The molecule has 1 amide bonds. The lowest BCUT2D eigenvalue weighted by atomic mass is 10.0. The first kappa shape index (κ1) is 84.0. The third kappa shape index (κ3) is 70.3. The molecular weight excluding hydrogens is 1070 g/mol. The maximum Gasteiger partial charge on any atom is 0.268 e. The minimum atomic E-state index is -4.61. The van der Waals surface area contributed by atoms with E-state index in [0.29, 0.717) is 17.4 Å². The highest BCUT2D eigenvalue weighted by Crippen LogP contribution is 2.38. The van der Waals surface area contributed by atoms with Gasteiger partial charge in [0.25, 0.3) is 7.82 Å². The summed E-state index contributed by atoms with van der Waals surface area (Å²) in [6, 6.07) is -0.902. The Labute approximate surface area is 532 Å². The van der Waals surface area contributed by atoms with Crippen molar-refractivity contribution in [2.75, 3.05) is 40.9 Å². The van der Waals surface area contributed by atoms with Crippen molar-refractivity contribution in [3.63, 3.8) is 0 Å². The van der Waals surface area contributed by atoms with Crippen LogP contribution in [0, 0.1) is 0 Å². The van der Waals surface area contributed by atoms with Gasteiger partial charge in [0.1, 0.15) is 13.2 Å². The first-order chi connectivity index (χ1) is 41.5. The van der Waals surface area contributed by atoms with Crippen LogP contribution in [0.25, 0.3) is 0 Å². The molecule has 0 heterocycles. The van der Waals surface area contributed by atoms with E-state index < -0.39 is 20.0 Å². The number of amides is 1. The molecule has 0 aliphatic rings. The molecule has 0 bridgehead atoms. The van der Waals surface area contributed by atoms with E-state index in [4.69, 9.17) is 9.05 Å². The van der Waals surface area contributed by atoms with Crippen LogP contribution in [0.15, 0.2) is 24.3 Å². The Hall–Kier alpha value is -1.02. The smallest absolute Gasteiger partial charge is 0.268 e. The van der Waals surface area contributed by atoms with Crippen molar-refractivity contribution in [3.8, 4) is 0 Å².